The molecule has 0 spiro atoms. The van der Waals surface area contributed by atoms with Crippen LogP contribution >= 0.6 is 31.9 Å². The zero-order valence-corrected chi connectivity index (χ0v) is 12.8. The first-order valence-electron chi connectivity index (χ1n) is 5.31. The second-order valence-corrected chi connectivity index (χ2v) is 5.63. The van der Waals surface area contributed by atoms with E-state index in [0.29, 0.717) is 16.8 Å². The normalized spacial score (nSPS) is 10.6. The first-order valence-corrected chi connectivity index (χ1v) is 6.90. The quantitative estimate of drug-likeness (QED) is 0.765. The van der Waals surface area contributed by atoms with Gasteiger partial charge in [0.2, 0.25) is 5.82 Å². The highest BCUT2D eigenvalue weighted by Gasteiger charge is 2.12. The molecule has 19 heavy (non-hydrogen) atoms. The number of halogens is 4. The van der Waals surface area contributed by atoms with Gasteiger partial charge in [0.1, 0.15) is 5.75 Å². The van der Waals surface area contributed by atoms with Crippen LogP contribution in [-0.4, -0.2) is 0 Å². The summed E-state index contributed by atoms with van der Waals surface area (Å²) in [7, 11) is 0. The topological polar surface area (TPSA) is 35.2 Å². The molecule has 0 aliphatic carbocycles. The van der Waals surface area contributed by atoms with E-state index in [9.17, 15) is 8.78 Å². The summed E-state index contributed by atoms with van der Waals surface area (Å²) in [5, 5.41) is 0. The monoisotopic (exact) mass is 391 g/mol. The van der Waals surface area contributed by atoms with E-state index >= 15 is 0 Å². The van der Waals surface area contributed by atoms with Gasteiger partial charge in [0.15, 0.2) is 11.6 Å². The van der Waals surface area contributed by atoms with Crippen molar-refractivity contribution in [2.45, 2.75) is 6.54 Å². The number of ether oxygens (including phenoxy) is 1. The minimum Gasteiger partial charge on any atom is -0.454 e. The van der Waals surface area contributed by atoms with Gasteiger partial charge in [-0.2, -0.15) is 4.39 Å². The van der Waals surface area contributed by atoms with Crippen LogP contribution in [-0.2, 0) is 6.54 Å². The van der Waals surface area contributed by atoms with Crippen molar-refractivity contribution < 1.29 is 13.5 Å². The van der Waals surface area contributed by atoms with Crippen LogP contribution in [0, 0.1) is 11.6 Å². The second kappa shape index (κ2) is 5.98. The maximum absolute atomic E-state index is 13.6. The largest absolute Gasteiger partial charge is 0.454 e. The summed E-state index contributed by atoms with van der Waals surface area (Å²) in [6, 6.07) is 7.54. The van der Waals surface area contributed by atoms with Crippen molar-refractivity contribution in [3.63, 3.8) is 0 Å². The van der Waals surface area contributed by atoms with Gasteiger partial charge in [0.25, 0.3) is 0 Å². The van der Waals surface area contributed by atoms with Crippen molar-refractivity contribution in [2.75, 3.05) is 0 Å². The molecule has 0 radical (unpaired) electrons. The lowest BCUT2D eigenvalue weighted by Gasteiger charge is -2.10. The highest BCUT2D eigenvalue weighted by molar-refractivity contribution is 9.10. The molecule has 0 saturated heterocycles. The van der Waals surface area contributed by atoms with Crippen LogP contribution in [0.4, 0.5) is 8.78 Å². The molecule has 0 unspecified atom stereocenters. The summed E-state index contributed by atoms with van der Waals surface area (Å²) in [4.78, 5) is 0. The molecule has 2 rings (SSSR count). The summed E-state index contributed by atoms with van der Waals surface area (Å²) in [6.07, 6.45) is 0. The van der Waals surface area contributed by atoms with Gasteiger partial charge in [-0.15, -0.1) is 0 Å². The number of hydrogen-bond acceptors (Lipinski definition) is 2. The molecule has 0 saturated carbocycles. The first-order chi connectivity index (χ1) is 8.99. The Hall–Kier alpha value is -0.980. The van der Waals surface area contributed by atoms with Crippen LogP contribution in [0.3, 0.4) is 0 Å². The van der Waals surface area contributed by atoms with Crippen molar-refractivity contribution in [3.8, 4) is 11.5 Å². The Bertz CT molecular complexity index is 620. The fourth-order valence-corrected chi connectivity index (χ4v) is 2.46. The van der Waals surface area contributed by atoms with Gasteiger partial charge in [-0.3, -0.25) is 0 Å². The molecule has 2 aromatic rings. The Morgan fingerprint density at radius 3 is 2.37 bits per heavy atom. The van der Waals surface area contributed by atoms with Crippen LogP contribution in [0.1, 0.15) is 5.56 Å². The molecule has 0 fully saturated rings. The van der Waals surface area contributed by atoms with Crippen LogP contribution < -0.4 is 10.5 Å². The lowest BCUT2D eigenvalue weighted by Crippen LogP contribution is -1.97. The first kappa shape index (κ1) is 14.4. The SMILES string of the molecule is NCc1cc(Br)cc(Oc2cc(Br)cc(F)c2F)c1. The molecule has 6 heteroatoms. The van der Waals surface area contributed by atoms with Crippen molar-refractivity contribution in [1.29, 1.82) is 0 Å². The highest BCUT2D eigenvalue weighted by Crippen LogP contribution is 2.31. The fourth-order valence-electron chi connectivity index (χ4n) is 1.53. The molecule has 0 aliphatic heterocycles. The third-order valence-electron chi connectivity index (χ3n) is 2.35. The third-order valence-corrected chi connectivity index (χ3v) is 3.27. The van der Waals surface area contributed by atoms with E-state index in [0.717, 1.165) is 16.1 Å². The van der Waals surface area contributed by atoms with E-state index in [2.05, 4.69) is 31.9 Å². The van der Waals surface area contributed by atoms with E-state index in [1.54, 1.807) is 12.1 Å². The molecule has 0 atom stereocenters. The maximum Gasteiger partial charge on any atom is 0.201 e. The van der Waals surface area contributed by atoms with Crippen molar-refractivity contribution in [1.82, 2.24) is 0 Å². The molecular formula is C13H9Br2F2NO. The standard InChI is InChI=1S/C13H9Br2F2NO/c14-8-1-7(6-18)2-10(3-8)19-12-5-9(15)4-11(16)13(12)17/h1-5H,6,18H2. The number of rotatable bonds is 3. The van der Waals surface area contributed by atoms with E-state index in [-0.39, 0.29) is 5.75 Å². The molecule has 0 amide bonds. The van der Waals surface area contributed by atoms with Crippen molar-refractivity contribution in [2.24, 2.45) is 5.73 Å². The van der Waals surface area contributed by atoms with Gasteiger partial charge in [-0.05, 0) is 35.9 Å². The van der Waals surface area contributed by atoms with E-state index in [4.69, 9.17) is 10.5 Å². The average molecular weight is 393 g/mol. The van der Waals surface area contributed by atoms with Crippen LogP contribution in [0.25, 0.3) is 0 Å². The molecule has 2 nitrogen and oxygen atoms in total. The van der Waals surface area contributed by atoms with Gasteiger partial charge in [-0.25, -0.2) is 4.39 Å². The Labute approximate surface area is 125 Å². The van der Waals surface area contributed by atoms with Crippen molar-refractivity contribution in [3.05, 3.63) is 56.5 Å². The van der Waals surface area contributed by atoms with Gasteiger partial charge >= 0.3 is 0 Å². The molecule has 100 valence electrons. The number of nitrogens with two attached hydrogens (primary N) is 1. The van der Waals surface area contributed by atoms with Crippen LogP contribution in [0.15, 0.2) is 39.3 Å². The predicted molar refractivity (Wildman–Crippen MR) is 76.2 cm³/mol. The third kappa shape index (κ3) is 3.52. The molecule has 0 bridgehead atoms. The summed E-state index contributed by atoms with van der Waals surface area (Å²) in [5.41, 5.74) is 6.36. The number of hydrogen-bond donors (Lipinski definition) is 1. The highest BCUT2D eigenvalue weighted by atomic mass is 79.9. The molecule has 2 N–H and O–H groups in total. The molecule has 0 heterocycles. The lowest BCUT2D eigenvalue weighted by molar-refractivity contribution is 0.415. The van der Waals surface area contributed by atoms with E-state index in [1.165, 1.54) is 6.07 Å². The minimum absolute atomic E-state index is 0.187. The fraction of sp³-hybridized carbons (Fsp3) is 0.0769. The summed E-state index contributed by atoms with van der Waals surface area (Å²) >= 11 is 6.39. The van der Waals surface area contributed by atoms with E-state index in [1.807, 2.05) is 6.07 Å². The molecule has 2 aromatic carbocycles. The van der Waals surface area contributed by atoms with Crippen molar-refractivity contribution >= 4 is 31.9 Å². The lowest BCUT2D eigenvalue weighted by atomic mass is 10.2. The van der Waals surface area contributed by atoms with Crippen LogP contribution in [0.2, 0.25) is 0 Å². The predicted octanol–water partition coefficient (Wildman–Crippen LogP) is 4.74. The molecule has 0 aromatic heterocycles. The minimum atomic E-state index is -1.03. The summed E-state index contributed by atoms with van der Waals surface area (Å²) in [6.45, 7) is 0.325. The van der Waals surface area contributed by atoms with Gasteiger partial charge in [-0.1, -0.05) is 31.9 Å². The zero-order valence-electron chi connectivity index (χ0n) is 9.59. The Balaban J connectivity index is 2.38. The Morgan fingerprint density at radius 1 is 1.00 bits per heavy atom. The van der Waals surface area contributed by atoms with Gasteiger partial charge in [0.05, 0.1) is 0 Å². The van der Waals surface area contributed by atoms with Crippen LogP contribution in [0.5, 0.6) is 11.5 Å². The summed E-state index contributed by atoms with van der Waals surface area (Å²) in [5.74, 6) is -1.81. The van der Waals surface area contributed by atoms with E-state index < -0.39 is 11.6 Å². The molecular weight excluding hydrogens is 384 g/mol. The zero-order chi connectivity index (χ0) is 14.0. The van der Waals surface area contributed by atoms with Gasteiger partial charge < -0.3 is 10.5 Å². The Kier molecular flexibility index (Phi) is 4.54. The maximum atomic E-state index is 13.6. The van der Waals surface area contributed by atoms with Gasteiger partial charge in [0, 0.05) is 15.5 Å². The molecule has 0 aliphatic rings. The Morgan fingerprint density at radius 2 is 1.68 bits per heavy atom. The number of benzene rings is 2. The smallest absolute Gasteiger partial charge is 0.201 e. The second-order valence-electron chi connectivity index (χ2n) is 3.80. The summed E-state index contributed by atoms with van der Waals surface area (Å²) < 4.78 is 33.4. The average Bonchev–Trinajstić information content (AvgIpc) is 2.34.